The van der Waals surface area contributed by atoms with Gasteiger partial charge in [0.05, 0.1) is 11.4 Å². The van der Waals surface area contributed by atoms with Gasteiger partial charge in [-0.25, -0.2) is 0 Å². The van der Waals surface area contributed by atoms with Gasteiger partial charge in [0.2, 0.25) is 0 Å². The van der Waals surface area contributed by atoms with Gasteiger partial charge in [0.15, 0.2) is 0 Å². The van der Waals surface area contributed by atoms with Crippen molar-refractivity contribution in [2.24, 2.45) is 0 Å². The third-order valence-electron chi connectivity index (χ3n) is 2.82. The van der Waals surface area contributed by atoms with E-state index in [1.807, 2.05) is 0 Å². The fourth-order valence-corrected chi connectivity index (χ4v) is 2.02. The number of hydrogen-bond acceptors (Lipinski definition) is 2. The molecule has 2 heteroatoms. The fourth-order valence-electron chi connectivity index (χ4n) is 2.02. The summed E-state index contributed by atoms with van der Waals surface area (Å²) < 4.78 is 0. The minimum atomic E-state index is 1.11. The van der Waals surface area contributed by atoms with Crippen molar-refractivity contribution in [3.63, 3.8) is 0 Å². The molecule has 0 unspecified atom stereocenters. The molecule has 0 aromatic heterocycles. The van der Waals surface area contributed by atoms with Crippen molar-refractivity contribution in [2.45, 2.75) is 26.7 Å². The molecule has 1 rings (SSSR count). The van der Waals surface area contributed by atoms with Crippen LogP contribution in [0.4, 0.5) is 11.4 Å². The second kappa shape index (κ2) is 6.41. The molecule has 0 aliphatic carbocycles. The summed E-state index contributed by atoms with van der Waals surface area (Å²) in [5.41, 5.74) is 2.67. The van der Waals surface area contributed by atoms with Crippen LogP contribution in [0.15, 0.2) is 24.3 Å². The number of benzene rings is 1. The van der Waals surface area contributed by atoms with Crippen LogP contribution in [0, 0.1) is 0 Å². The van der Waals surface area contributed by atoms with Crippen molar-refractivity contribution in [1.82, 2.24) is 0 Å². The second-order valence-electron chi connectivity index (χ2n) is 4.33. The third kappa shape index (κ3) is 3.16. The molecule has 0 aliphatic heterocycles. The van der Waals surface area contributed by atoms with Crippen molar-refractivity contribution in [3.05, 3.63) is 24.3 Å². The minimum absolute atomic E-state index is 1.11. The SMILES string of the molecule is CCCN(C)c1ccccc1N(C)CCC. The highest BCUT2D eigenvalue weighted by Crippen LogP contribution is 2.27. The first-order valence-corrected chi connectivity index (χ1v) is 6.22. The molecule has 0 radical (unpaired) electrons. The highest BCUT2D eigenvalue weighted by molar-refractivity contribution is 5.70. The van der Waals surface area contributed by atoms with Crippen LogP contribution in [0.1, 0.15) is 26.7 Å². The molecule has 0 spiro atoms. The van der Waals surface area contributed by atoms with Gasteiger partial charge in [0.25, 0.3) is 0 Å². The molecule has 0 saturated carbocycles. The molecule has 0 bridgehead atoms. The zero-order chi connectivity index (χ0) is 12.0. The van der Waals surface area contributed by atoms with Crippen LogP contribution in [0.5, 0.6) is 0 Å². The van der Waals surface area contributed by atoms with E-state index in [2.05, 4.69) is 62.0 Å². The lowest BCUT2D eigenvalue weighted by Crippen LogP contribution is -2.24. The lowest BCUT2D eigenvalue weighted by Gasteiger charge is -2.27. The van der Waals surface area contributed by atoms with Gasteiger partial charge in [-0.3, -0.25) is 0 Å². The molecule has 16 heavy (non-hydrogen) atoms. The topological polar surface area (TPSA) is 6.48 Å². The first kappa shape index (κ1) is 12.9. The first-order chi connectivity index (χ1) is 7.70. The van der Waals surface area contributed by atoms with E-state index in [9.17, 15) is 0 Å². The Labute approximate surface area is 99.9 Å². The maximum atomic E-state index is 2.33. The molecule has 0 fully saturated rings. The number of para-hydroxylation sites is 2. The average Bonchev–Trinajstić information content (AvgIpc) is 2.30. The molecule has 0 N–H and O–H groups in total. The van der Waals surface area contributed by atoms with Crippen LogP contribution >= 0.6 is 0 Å². The maximum absolute atomic E-state index is 2.33. The predicted molar refractivity (Wildman–Crippen MR) is 73.6 cm³/mol. The molecular weight excluding hydrogens is 196 g/mol. The van der Waals surface area contributed by atoms with Crippen molar-refractivity contribution >= 4 is 11.4 Å². The van der Waals surface area contributed by atoms with Gasteiger partial charge in [-0.15, -0.1) is 0 Å². The Hall–Kier alpha value is -1.18. The molecule has 0 aliphatic rings. The van der Waals surface area contributed by atoms with Crippen LogP contribution in [-0.2, 0) is 0 Å². The zero-order valence-electron chi connectivity index (χ0n) is 11.0. The minimum Gasteiger partial charge on any atom is -0.373 e. The summed E-state index contributed by atoms with van der Waals surface area (Å²) in [6, 6.07) is 8.64. The van der Waals surface area contributed by atoms with Gasteiger partial charge >= 0.3 is 0 Å². The zero-order valence-corrected chi connectivity index (χ0v) is 11.0. The summed E-state index contributed by atoms with van der Waals surface area (Å²) >= 11 is 0. The largest absolute Gasteiger partial charge is 0.373 e. The number of hydrogen-bond donors (Lipinski definition) is 0. The molecule has 0 heterocycles. The van der Waals surface area contributed by atoms with Crippen LogP contribution < -0.4 is 9.80 Å². The fraction of sp³-hybridized carbons (Fsp3) is 0.571. The lowest BCUT2D eigenvalue weighted by atomic mass is 10.2. The van der Waals surface area contributed by atoms with Crippen LogP contribution in [0.3, 0.4) is 0 Å². The summed E-state index contributed by atoms with van der Waals surface area (Å²) in [6.07, 6.45) is 2.37. The molecule has 0 amide bonds. The van der Waals surface area contributed by atoms with E-state index in [0.29, 0.717) is 0 Å². The van der Waals surface area contributed by atoms with E-state index in [1.54, 1.807) is 0 Å². The molecule has 90 valence electrons. The van der Waals surface area contributed by atoms with Gasteiger partial charge in [-0.2, -0.15) is 0 Å². The summed E-state index contributed by atoms with van der Waals surface area (Å²) in [7, 11) is 4.34. The molecular formula is C14H24N2. The van der Waals surface area contributed by atoms with E-state index in [1.165, 1.54) is 24.2 Å². The Morgan fingerprint density at radius 1 is 0.812 bits per heavy atom. The van der Waals surface area contributed by atoms with Crippen molar-refractivity contribution < 1.29 is 0 Å². The van der Waals surface area contributed by atoms with Gasteiger partial charge in [0, 0.05) is 27.2 Å². The number of nitrogens with zero attached hydrogens (tertiary/aromatic N) is 2. The standard InChI is InChI=1S/C14H24N2/c1-5-11-15(3)13-9-7-8-10-14(13)16(4)12-6-2/h7-10H,5-6,11-12H2,1-4H3. The summed E-state index contributed by atoms with van der Waals surface area (Å²) in [6.45, 7) is 6.65. The van der Waals surface area contributed by atoms with E-state index >= 15 is 0 Å². The number of anilines is 2. The maximum Gasteiger partial charge on any atom is 0.0601 e. The number of rotatable bonds is 6. The molecule has 1 aromatic carbocycles. The van der Waals surface area contributed by atoms with Crippen molar-refractivity contribution in [2.75, 3.05) is 37.0 Å². The Morgan fingerprint density at radius 3 is 1.50 bits per heavy atom. The second-order valence-corrected chi connectivity index (χ2v) is 4.33. The normalized spacial score (nSPS) is 10.2. The molecule has 0 saturated heterocycles. The Kier molecular flexibility index (Phi) is 5.17. The van der Waals surface area contributed by atoms with Gasteiger partial charge in [0.1, 0.15) is 0 Å². The van der Waals surface area contributed by atoms with E-state index in [0.717, 1.165) is 13.1 Å². The average molecular weight is 220 g/mol. The first-order valence-electron chi connectivity index (χ1n) is 6.22. The highest BCUT2D eigenvalue weighted by Gasteiger charge is 2.08. The van der Waals surface area contributed by atoms with Crippen molar-refractivity contribution in [3.8, 4) is 0 Å². The van der Waals surface area contributed by atoms with Crippen molar-refractivity contribution in [1.29, 1.82) is 0 Å². The molecule has 0 atom stereocenters. The molecule has 2 nitrogen and oxygen atoms in total. The highest BCUT2D eigenvalue weighted by atomic mass is 15.2. The smallest absolute Gasteiger partial charge is 0.0601 e. The van der Waals surface area contributed by atoms with E-state index in [-0.39, 0.29) is 0 Å². The summed E-state index contributed by atoms with van der Waals surface area (Å²) in [5.74, 6) is 0. The summed E-state index contributed by atoms with van der Waals surface area (Å²) in [5, 5.41) is 0. The predicted octanol–water partition coefficient (Wildman–Crippen LogP) is 3.38. The monoisotopic (exact) mass is 220 g/mol. The Balaban J connectivity index is 2.90. The van der Waals surface area contributed by atoms with Gasteiger partial charge < -0.3 is 9.80 Å². The lowest BCUT2D eigenvalue weighted by molar-refractivity contribution is 0.828. The van der Waals surface area contributed by atoms with Crippen LogP contribution in [-0.4, -0.2) is 27.2 Å². The Bertz CT molecular complexity index is 278. The quantitative estimate of drug-likeness (QED) is 0.725. The molecule has 1 aromatic rings. The van der Waals surface area contributed by atoms with E-state index in [4.69, 9.17) is 0 Å². The Morgan fingerprint density at radius 2 is 1.19 bits per heavy atom. The van der Waals surface area contributed by atoms with Gasteiger partial charge in [-0.1, -0.05) is 26.0 Å². The van der Waals surface area contributed by atoms with E-state index < -0.39 is 0 Å². The third-order valence-corrected chi connectivity index (χ3v) is 2.82. The van der Waals surface area contributed by atoms with Gasteiger partial charge in [-0.05, 0) is 25.0 Å². The van der Waals surface area contributed by atoms with Crippen LogP contribution in [0.25, 0.3) is 0 Å². The summed E-state index contributed by atoms with van der Waals surface area (Å²) in [4.78, 5) is 4.67. The van der Waals surface area contributed by atoms with Crippen LogP contribution in [0.2, 0.25) is 0 Å².